The number of nitrogens with two attached hydrogens (primary N) is 1. The van der Waals surface area contributed by atoms with Crippen LogP contribution in [0.2, 0.25) is 0 Å². The maximum Gasteiger partial charge on any atom is 0.239 e. The van der Waals surface area contributed by atoms with E-state index in [9.17, 15) is 8.42 Å². The van der Waals surface area contributed by atoms with Crippen LogP contribution in [0, 0.1) is 0 Å². The monoisotopic (exact) mass is 280 g/mol. The average Bonchev–Trinajstić information content (AvgIpc) is 2.39. The second-order valence-corrected chi connectivity index (χ2v) is 5.31. The zero-order valence-corrected chi connectivity index (χ0v) is 10.7. The van der Waals surface area contributed by atoms with Gasteiger partial charge in [-0.2, -0.15) is 0 Å². The van der Waals surface area contributed by atoms with E-state index in [-0.39, 0.29) is 17.4 Å². The molecule has 0 fully saturated rings. The predicted molar refractivity (Wildman–Crippen MR) is 68.0 cm³/mol. The number of nitrogens with zero attached hydrogens (tertiary/aromatic N) is 1. The Morgan fingerprint density at radius 3 is 2.53 bits per heavy atom. The summed E-state index contributed by atoms with van der Waals surface area (Å²) < 4.78 is 27.6. The third-order valence-electron chi connectivity index (χ3n) is 2.40. The highest BCUT2D eigenvalue weighted by atomic mass is 32.2. The van der Waals surface area contributed by atoms with Gasteiger partial charge in [0.15, 0.2) is 0 Å². The number of aliphatic hydroxyl groups excluding tert-OH is 1. The first kappa shape index (κ1) is 13.5. The van der Waals surface area contributed by atoms with Gasteiger partial charge in [-0.1, -0.05) is 18.2 Å². The van der Waals surface area contributed by atoms with Gasteiger partial charge < -0.3 is 9.84 Å². The van der Waals surface area contributed by atoms with Gasteiger partial charge in [-0.3, -0.25) is 0 Å². The molecule has 0 saturated carbocycles. The predicted octanol–water partition coefficient (Wildman–Crippen LogP) is 1.01. The molecule has 0 bridgehead atoms. The molecule has 1 heterocycles. The summed E-state index contributed by atoms with van der Waals surface area (Å²) in [6, 6.07) is 9.63. The van der Waals surface area contributed by atoms with Crippen LogP contribution in [0.1, 0.15) is 5.56 Å². The lowest BCUT2D eigenvalue weighted by molar-refractivity contribution is 0.276. The third-order valence-corrected chi connectivity index (χ3v) is 3.29. The van der Waals surface area contributed by atoms with Crippen LogP contribution in [0.3, 0.4) is 0 Å². The Morgan fingerprint density at radius 1 is 1.21 bits per heavy atom. The fourth-order valence-corrected chi connectivity index (χ4v) is 1.90. The second-order valence-electron chi connectivity index (χ2n) is 3.75. The number of aromatic nitrogens is 1. The number of sulfonamides is 1. The van der Waals surface area contributed by atoms with Crippen molar-refractivity contribution in [1.29, 1.82) is 0 Å². The van der Waals surface area contributed by atoms with E-state index in [1.54, 1.807) is 24.3 Å². The first-order valence-electron chi connectivity index (χ1n) is 5.36. The van der Waals surface area contributed by atoms with Crippen LogP contribution >= 0.6 is 0 Å². The zero-order chi connectivity index (χ0) is 13.9. The molecule has 2 aromatic rings. The average molecular weight is 280 g/mol. The fourth-order valence-electron chi connectivity index (χ4n) is 1.44. The van der Waals surface area contributed by atoms with Gasteiger partial charge in [0.05, 0.1) is 12.8 Å². The highest BCUT2D eigenvalue weighted by molar-refractivity contribution is 7.89. The number of hydrogen-bond donors (Lipinski definition) is 2. The number of aliphatic hydroxyl groups is 1. The van der Waals surface area contributed by atoms with E-state index in [1.807, 2.05) is 0 Å². The Hall–Kier alpha value is -1.96. The Labute approximate surface area is 110 Å². The van der Waals surface area contributed by atoms with E-state index in [1.165, 1.54) is 12.1 Å². The van der Waals surface area contributed by atoms with Crippen molar-refractivity contribution in [3.05, 3.63) is 48.2 Å². The van der Waals surface area contributed by atoms with Gasteiger partial charge >= 0.3 is 0 Å². The summed E-state index contributed by atoms with van der Waals surface area (Å²) in [5.41, 5.74) is 0.611. The number of para-hydroxylation sites is 1. The lowest BCUT2D eigenvalue weighted by Crippen LogP contribution is -2.12. The van der Waals surface area contributed by atoms with Crippen LogP contribution in [0.25, 0.3) is 0 Å². The standard InChI is InChI=1S/C12H12N2O4S/c13-19(16,17)10-5-6-12(14-7-10)18-11-4-2-1-3-9(11)8-15/h1-7,15H,8H2,(H2,13,16,17). The summed E-state index contributed by atoms with van der Waals surface area (Å²) in [4.78, 5) is 3.77. The Balaban J connectivity index is 2.25. The molecule has 100 valence electrons. The van der Waals surface area contributed by atoms with Crippen LogP contribution in [0.4, 0.5) is 0 Å². The lowest BCUT2D eigenvalue weighted by Gasteiger charge is -2.08. The Bertz CT molecular complexity index is 668. The molecule has 0 spiro atoms. The van der Waals surface area contributed by atoms with Crippen LogP contribution < -0.4 is 9.88 Å². The van der Waals surface area contributed by atoms with Gasteiger partial charge in [0.25, 0.3) is 0 Å². The molecule has 7 heteroatoms. The van der Waals surface area contributed by atoms with Gasteiger partial charge in [0.1, 0.15) is 10.6 Å². The zero-order valence-electron chi connectivity index (χ0n) is 9.85. The summed E-state index contributed by atoms with van der Waals surface area (Å²) in [6.07, 6.45) is 1.12. The van der Waals surface area contributed by atoms with Crippen molar-refractivity contribution in [1.82, 2.24) is 4.98 Å². The van der Waals surface area contributed by atoms with Gasteiger partial charge in [-0.05, 0) is 12.1 Å². The minimum absolute atomic E-state index is 0.0877. The number of primary sulfonamides is 1. The van der Waals surface area contributed by atoms with Gasteiger partial charge in [0, 0.05) is 11.6 Å². The first-order chi connectivity index (χ1) is 9.00. The summed E-state index contributed by atoms with van der Waals surface area (Å²) in [6.45, 7) is -0.161. The molecule has 0 unspecified atom stereocenters. The number of pyridine rings is 1. The number of benzene rings is 1. The summed E-state index contributed by atoms with van der Waals surface area (Å²) in [5.74, 6) is 0.675. The number of hydrogen-bond acceptors (Lipinski definition) is 5. The summed E-state index contributed by atoms with van der Waals surface area (Å²) in [5, 5.41) is 14.1. The van der Waals surface area contributed by atoms with E-state index in [0.29, 0.717) is 11.3 Å². The molecule has 0 aliphatic heterocycles. The van der Waals surface area contributed by atoms with Crippen LogP contribution in [-0.4, -0.2) is 18.5 Å². The molecular formula is C12H12N2O4S. The van der Waals surface area contributed by atoms with E-state index >= 15 is 0 Å². The molecule has 0 aliphatic rings. The van der Waals surface area contributed by atoms with E-state index < -0.39 is 10.0 Å². The number of ether oxygens (including phenoxy) is 1. The minimum Gasteiger partial charge on any atom is -0.439 e. The maximum absolute atomic E-state index is 11.1. The third kappa shape index (κ3) is 3.28. The number of rotatable bonds is 4. The Morgan fingerprint density at radius 2 is 1.95 bits per heavy atom. The minimum atomic E-state index is -3.76. The molecule has 1 aromatic heterocycles. The molecule has 0 saturated heterocycles. The molecule has 19 heavy (non-hydrogen) atoms. The van der Waals surface area contributed by atoms with Crippen molar-refractivity contribution < 1.29 is 18.3 Å². The topological polar surface area (TPSA) is 103 Å². The molecule has 0 aliphatic carbocycles. The molecule has 2 rings (SSSR count). The van der Waals surface area contributed by atoms with E-state index in [0.717, 1.165) is 6.20 Å². The fraction of sp³-hybridized carbons (Fsp3) is 0.0833. The van der Waals surface area contributed by atoms with Crippen molar-refractivity contribution in [2.45, 2.75) is 11.5 Å². The van der Waals surface area contributed by atoms with Gasteiger partial charge in [0.2, 0.25) is 15.9 Å². The van der Waals surface area contributed by atoms with Gasteiger partial charge in [-0.15, -0.1) is 0 Å². The molecular weight excluding hydrogens is 268 g/mol. The van der Waals surface area contributed by atoms with Crippen molar-refractivity contribution in [3.63, 3.8) is 0 Å². The maximum atomic E-state index is 11.1. The molecule has 3 N–H and O–H groups in total. The normalized spacial score (nSPS) is 11.3. The van der Waals surface area contributed by atoms with Crippen LogP contribution in [-0.2, 0) is 16.6 Å². The largest absolute Gasteiger partial charge is 0.439 e. The van der Waals surface area contributed by atoms with Crippen LogP contribution in [0.15, 0.2) is 47.5 Å². The molecule has 0 radical (unpaired) electrons. The quantitative estimate of drug-likeness (QED) is 0.870. The molecule has 0 amide bonds. The van der Waals surface area contributed by atoms with Gasteiger partial charge in [-0.25, -0.2) is 18.5 Å². The smallest absolute Gasteiger partial charge is 0.239 e. The summed E-state index contributed by atoms with van der Waals surface area (Å²) >= 11 is 0. The Kier molecular flexibility index (Phi) is 3.79. The van der Waals surface area contributed by atoms with Crippen molar-refractivity contribution in [2.24, 2.45) is 5.14 Å². The first-order valence-corrected chi connectivity index (χ1v) is 6.91. The molecule has 1 aromatic carbocycles. The SMILES string of the molecule is NS(=O)(=O)c1ccc(Oc2ccccc2CO)nc1. The highest BCUT2D eigenvalue weighted by Gasteiger charge is 2.09. The second kappa shape index (κ2) is 5.35. The summed E-state index contributed by atoms with van der Waals surface area (Å²) in [7, 11) is -3.76. The molecule has 6 nitrogen and oxygen atoms in total. The highest BCUT2D eigenvalue weighted by Crippen LogP contribution is 2.24. The van der Waals surface area contributed by atoms with Crippen LogP contribution in [0.5, 0.6) is 11.6 Å². The lowest BCUT2D eigenvalue weighted by atomic mass is 10.2. The molecule has 0 atom stereocenters. The van der Waals surface area contributed by atoms with Crippen molar-refractivity contribution in [2.75, 3.05) is 0 Å². The van der Waals surface area contributed by atoms with Crippen molar-refractivity contribution in [3.8, 4) is 11.6 Å². The van der Waals surface area contributed by atoms with Crippen molar-refractivity contribution >= 4 is 10.0 Å². The van der Waals surface area contributed by atoms with E-state index in [2.05, 4.69) is 4.98 Å². The van der Waals surface area contributed by atoms with E-state index in [4.69, 9.17) is 15.0 Å².